The van der Waals surface area contributed by atoms with Gasteiger partial charge in [0.1, 0.15) is 5.82 Å². The Bertz CT molecular complexity index is 689. The van der Waals surface area contributed by atoms with E-state index in [4.69, 9.17) is 0 Å². The Morgan fingerprint density at radius 3 is 2.68 bits per heavy atom. The Morgan fingerprint density at radius 1 is 1.28 bits per heavy atom. The summed E-state index contributed by atoms with van der Waals surface area (Å²) in [6.45, 7) is 8.84. The lowest BCUT2D eigenvalue weighted by Crippen LogP contribution is -2.52. The summed E-state index contributed by atoms with van der Waals surface area (Å²) in [5.74, 6) is 2.48. The van der Waals surface area contributed by atoms with Crippen molar-refractivity contribution in [3.05, 3.63) is 40.5 Å². The van der Waals surface area contributed by atoms with E-state index in [0.717, 1.165) is 50.2 Å². The largest absolute Gasteiger partial charge is 0.353 e. The summed E-state index contributed by atoms with van der Waals surface area (Å²) in [4.78, 5) is 18.2. The Labute approximate surface area is 153 Å². The van der Waals surface area contributed by atoms with E-state index in [-0.39, 0.29) is 0 Å². The van der Waals surface area contributed by atoms with E-state index in [2.05, 4.69) is 55.4 Å². The molecular weight excluding hydrogens is 332 g/mol. The topological polar surface area (TPSA) is 56.7 Å². The molecule has 0 unspecified atom stereocenters. The highest BCUT2D eigenvalue weighted by molar-refractivity contribution is 7.09. The van der Waals surface area contributed by atoms with Crippen molar-refractivity contribution in [2.24, 2.45) is 4.99 Å². The van der Waals surface area contributed by atoms with Crippen LogP contribution in [0.3, 0.4) is 0 Å². The Kier molecular flexibility index (Phi) is 5.86. The summed E-state index contributed by atoms with van der Waals surface area (Å²) in [5, 5.41) is 6.77. The van der Waals surface area contributed by atoms with Gasteiger partial charge >= 0.3 is 0 Å². The maximum Gasteiger partial charge on any atom is 0.194 e. The van der Waals surface area contributed by atoms with E-state index in [0.29, 0.717) is 5.92 Å². The smallest absolute Gasteiger partial charge is 0.194 e. The van der Waals surface area contributed by atoms with Gasteiger partial charge < -0.3 is 15.1 Å². The van der Waals surface area contributed by atoms with Crippen LogP contribution in [0.1, 0.15) is 30.5 Å². The monoisotopic (exact) mass is 358 g/mol. The van der Waals surface area contributed by atoms with Crippen molar-refractivity contribution in [2.75, 3.05) is 38.1 Å². The molecule has 0 atom stereocenters. The second-order valence-electron chi connectivity index (χ2n) is 6.39. The van der Waals surface area contributed by atoms with Crippen molar-refractivity contribution in [1.29, 1.82) is 0 Å². The molecule has 0 saturated carbocycles. The molecule has 0 bridgehead atoms. The van der Waals surface area contributed by atoms with Crippen LogP contribution < -0.4 is 10.2 Å². The lowest BCUT2D eigenvalue weighted by Gasteiger charge is -2.37. The summed E-state index contributed by atoms with van der Waals surface area (Å²) in [6.07, 6.45) is 1.85. The van der Waals surface area contributed by atoms with Crippen molar-refractivity contribution >= 4 is 23.1 Å². The van der Waals surface area contributed by atoms with E-state index in [1.54, 1.807) is 11.3 Å². The number of anilines is 1. The van der Waals surface area contributed by atoms with Crippen molar-refractivity contribution < 1.29 is 0 Å². The van der Waals surface area contributed by atoms with Crippen molar-refractivity contribution in [2.45, 2.75) is 26.3 Å². The van der Waals surface area contributed by atoms with Crippen LogP contribution in [0.4, 0.5) is 5.82 Å². The third-order valence-electron chi connectivity index (χ3n) is 4.26. The van der Waals surface area contributed by atoms with Crippen LogP contribution in [0.2, 0.25) is 0 Å². The van der Waals surface area contributed by atoms with Crippen LogP contribution in [0.15, 0.2) is 34.8 Å². The number of guanidine groups is 1. The fourth-order valence-electron chi connectivity index (χ4n) is 2.86. The molecule has 7 heteroatoms. The maximum atomic E-state index is 4.68. The zero-order valence-electron chi connectivity index (χ0n) is 15.1. The predicted molar refractivity (Wildman–Crippen MR) is 104 cm³/mol. The van der Waals surface area contributed by atoms with Crippen molar-refractivity contribution in [3.8, 4) is 0 Å². The molecule has 2 aromatic heterocycles. The van der Waals surface area contributed by atoms with Gasteiger partial charge in [-0.2, -0.15) is 0 Å². The second kappa shape index (κ2) is 8.29. The van der Waals surface area contributed by atoms with Gasteiger partial charge in [0.25, 0.3) is 0 Å². The predicted octanol–water partition coefficient (Wildman–Crippen LogP) is 2.56. The molecule has 1 saturated heterocycles. The van der Waals surface area contributed by atoms with Gasteiger partial charge in [-0.05, 0) is 12.1 Å². The van der Waals surface area contributed by atoms with E-state index in [1.807, 2.05) is 25.4 Å². The van der Waals surface area contributed by atoms with Crippen molar-refractivity contribution in [1.82, 2.24) is 20.2 Å². The fourth-order valence-corrected chi connectivity index (χ4v) is 3.69. The van der Waals surface area contributed by atoms with Crippen LogP contribution in [0.5, 0.6) is 0 Å². The van der Waals surface area contributed by atoms with E-state index >= 15 is 0 Å². The minimum absolute atomic E-state index is 0.484. The van der Waals surface area contributed by atoms with Gasteiger partial charge in [0.15, 0.2) is 5.96 Å². The summed E-state index contributed by atoms with van der Waals surface area (Å²) >= 11 is 1.73. The minimum atomic E-state index is 0.484. The molecule has 1 aliphatic rings. The average molecular weight is 359 g/mol. The maximum absolute atomic E-state index is 4.68. The molecule has 1 aliphatic heterocycles. The number of nitrogens with one attached hydrogen (secondary N) is 1. The molecule has 0 radical (unpaired) electrons. The van der Waals surface area contributed by atoms with Gasteiger partial charge in [-0.1, -0.05) is 19.9 Å². The van der Waals surface area contributed by atoms with Gasteiger partial charge in [0.05, 0.1) is 17.2 Å². The summed E-state index contributed by atoms with van der Waals surface area (Å²) in [7, 11) is 1.84. The van der Waals surface area contributed by atoms with Crippen LogP contribution >= 0.6 is 11.3 Å². The highest BCUT2D eigenvalue weighted by Crippen LogP contribution is 2.19. The molecular formula is C18H26N6S. The van der Waals surface area contributed by atoms with Gasteiger partial charge in [-0.3, -0.25) is 4.99 Å². The zero-order valence-corrected chi connectivity index (χ0v) is 16.0. The second-order valence-corrected chi connectivity index (χ2v) is 7.28. The third-order valence-corrected chi connectivity index (χ3v) is 5.45. The Balaban J connectivity index is 1.52. The van der Waals surface area contributed by atoms with E-state index < -0.39 is 0 Å². The van der Waals surface area contributed by atoms with Crippen LogP contribution in [0, 0.1) is 0 Å². The Hall–Kier alpha value is -2.15. The molecule has 3 rings (SSSR count). The molecule has 2 aromatic rings. The SMILES string of the molecule is CN=C(NCc1csc(C(C)C)n1)N1CCN(c2ccccn2)CC1. The van der Waals surface area contributed by atoms with Crippen molar-refractivity contribution in [3.63, 3.8) is 0 Å². The van der Waals surface area contributed by atoms with Crippen LogP contribution in [-0.4, -0.2) is 54.1 Å². The van der Waals surface area contributed by atoms with E-state index in [1.165, 1.54) is 5.01 Å². The standard InChI is InChI=1S/C18H26N6S/c1-14(2)17-22-15(13-25-17)12-21-18(19-3)24-10-8-23(9-11-24)16-6-4-5-7-20-16/h4-7,13-14H,8-12H2,1-3H3,(H,19,21). The molecule has 134 valence electrons. The average Bonchev–Trinajstić information content (AvgIpc) is 3.13. The van der Waals surface area contributed by atoms with E-state index in [9.17, 15) is 0 Å². The minimum Gasteiger partial charge on any atom is -0.353 e. The fraction of sp³-hybridized carbons (Fsp3) is 0.500. The van der Waals surface area contributed by atoms with Gasteiger partial charge in [-0.25, -0.2) is 9.97 Å². The number of hydrogen-bond donors (Lipinski definition) is 1. The first kappa shape index (κ1) is 17.7. The first-order valence-corrected chi connectivity index (χ1v) is 9.61. The molecule has 0 amide bonds. The lowest BCUT2D eigenvalue weighted by atomic mass is 10.2. The first-order chi connectivity index (χ1) is 12.2. The number of pyridine rings is 1. The normalized spacial score (nSPS) is 15.8. The quantitative estimate of drug-likeness (QED) is 0.672. The number of piperazine rings is 1. The number of nitrogens with zero attached hydrogens (tertiary/aromatic N) is 5. The van der Waals surface area contributed by atoms with Gasteiger partial charge in [0.2, 0.25) is 0 Å². The number of aliphatic imine (C=N–C) groups is 1. The van der Waals surface area contributed by atoms with Gasteiger partial charge in [0, 0.05) is 50.7 Å². The summed E-state index contributed by atoms with van der Waals surface area (Å²) in [6, 6.07) is 6.06. The number of hydrogen-bond acceptors (Lipinski definition) is 5. The van der Waals surface area contributed by atoms with Crippen LogP contribution in [0.25, 0.3) is 0 Å². The molecule has 0 aliphatic carbocycles. The van der Waals surface area contributed by atoms with Gasteiger partial charge in [-0.15, -0.1) is 11.3 Å². The number of aromatic nitrogens is 2. The Morgan fingerprint density at radius 2 is 2.08 bits per heavy atom. The van der Waals surface area contributed by atoms with Crippen LogP contribution in [-0.2, 0) is 6.54 Å². The molecule has 6 nitrogen and oxygen atoms in total. The lowest BCUT2D eigenvalue weighted by molar-refractivity contribution is 0.371. The zero-order chi connectivity index (χ0) is 17.6. The summed E-state index contributed by atoms with van der Waals surface area (Å²) < 4.78 is 0. The number of rotatable bonds is 4. The molecule has 25 heavy (non-hydrogen) atoms. The molecule has 0 aromatic carbocycles. The first-order valence-electron chi connectivity index (χ1n) is 8.73. The molecule has 3 heterocycles. The highest BCUT2D eigenvalue weighted by atomic mass is 32.1. The third kappa shape index (κ3) is 4.48. The number of thiazole rings is 1. The molecule has 1 fully saturated rings. The highest BCUT2D eigenvalue weighted by Gasteiger charge is 2.20. The summed E-state index contributed by atoms with van der Waals surface area (Å²) in [5.41, 5.74) is 1.09. The molecule has 0 spiro atoms. The molecule has 1 N–H and O–H groups in total.